The molecule has 0 aliphatic carbocycles. The summed E-state index contributed by atoms with van der Waals surface area (Å²) in [5.41, 5.74) is 1.67. The van der Waals surface area contributed by atoms with Crippen LogP contribution in [-0.4, -0.2) is 17.1 Å². The molecule has 0 aliphatic rings. The van der Waals surface area contributed by atoms with Crippen LogP contribution in [0.5, 0.6) is 5.75 Å². The zero-order chi connectivity index (χ0) is 10.7. The Morgan fingerprint density at radius 1 is 1.27 bits per heavy atom. The minimum Gasteiger partial charge on any atom is -0.497 e. The smallest absolute Gasteiger partial charge is 0.148 e. The lowest BCUT2D eigenvalue weighted by atomic mass is 10.1. The fraction of sp³-hybridized carbons (Fsp3) is 0.0909. The Kier molecular flexibility index (Phi) is 2.83. The molecule has 0 atom stereocenters. The van der Waals surface area contributed by atoms with E-state index in [1.54, 1.807) is 13.3 Å². The van der Waals surface area contributed by atoms with Gasteiger partial charge >= 0.3 is 0 Å². The molecule has 0 fully saturated rings. The summed E-state index contributed by atoms with van der Waals surface area (Å²) in [6.45, 7) is 0. The van der Waals surface area contributed by atoms with E-state index in [0.717, 1.165) is 17.0 Å². The lowest BCUT2D eigenvalue weighted by Crippen LogP contribution is -1.87. The first-order valence-electron chi connectivity index (χ1n) is 4.41. The third-order valence-corrected chi connectivity index (χ3v) is 2.15. The minimum atomic E-state index is 0.385. The van der Waals surface area contributed by atoms with Crippen LogP contribution in [0.1, 0.15) is 0 Å². The van der Waals surface area contributed by atoms with E-state index in [9.17, 15) is 0 Å². The van der Waals surface area contributed by atoms with Crippen LogP contribution in [0.3, 0.4) is 0 Å². The zero-order valence-corrected chi connectivity index (χ0v) is 8.90. The number of aromatic nitrogens is 2. The predicted molar refractivity (Wildman–Crippen MR) is 59.0 cm³/mol. The lowest BCUT2D eigenvalue weighted by molar-refractivity contribution is 0.415. The molecule has 15 heavy (non-hydrogen) atoms. The van der Waals surface area contributed by atoms with Crippen LogP contribution in [0.15, 0.2) is 36.7 Å². The first kappa shape index (κ1) is 9.93. The molecule has 1 heterocycles. The van der Waals surface area contributed by atoms with Crippen molar-refractivity contribution in [1.29, 1.82) is 0 Å². The van der Waals surface area contributed by atoms with Crippen molar-refractivity contribution in [3.8, 4) is 17.0 Å². The maximum atomic E-state index is 5.76. The van der Waals surface area contributed by atoms with Crippen molar-refractivity contribution in [2.45, 2.75) is 0 Å². The number of ether oxygens (including phenoxy) is 1. The second-order valence-corrected chi connectivity index (χ2v) is 3.35. The van der Waals surface area contributed by atoms with Crippen LogP contribution in [0.2, 0.25) is 5.15 Å². The number of nitrogens with zero attached hydrogens (tertiary/aromatic N) is 2. The van der Waals surface area contributed by atoms with Crippen molar-refractivity contribution in [2.24, 2.45) is 0 Å². The molecule has 2 rings (SSSR count). The molecule has 3 nitrogen and oxygen atoms in total. The first-order valence-corrected chi connectivity index (χ1v) is 4.79. The van der Waals surface area contributed by atoms with Crippen molar-refractivity contribution in [3.05, 3.63) is 41.8 Å². The van der Waals surface area contributed by atoms with Gasteiger partial charge in [0, 0.05) is 5.56 Å². The fourth-order valence-corrected chi connectivity index (χ4v) is 1.41. The van der Waals surface area contributed by atoms with Crippen LogP contribution in [0.25, 0.3) is 11.3 Å². The summed E-state index contributed by atoms with van der Waals surface area (Å²) >= 11 is 5.76. The molecule has 0 amide bonds. The summed E-state index contributed by atoms with van der Waals surface area (Å²) in [5.74, 6) is 0.786. The molecule has 1 aromatic carbocycles. The Bertz CT molecular complexity index is 474. The van der Waals surface area contributed by atoms with Gasteiger partial charge in [0.25, 0.3) is 0 Å². The second kappa shape index (κ2) is 4.28. The van der Waals surface area contributed by atoms with Gasteiger partial charge in [0.2, 0.25) is 0 Å². The Hall–Kier alpha value is -1.61. The number of methoxy groups -OCH3 is 1. The monoisotopic (exact) mass is 220 g/mol. The van der Waals surface area contributed by atoms with Gasteiger partial charge < -0.3 is 4.74 Å². The van der Waals surface area contributed by atoms with E-state index in [4.69, 9.17) is 16.3 Å². The number of hydrogen-bond donors (Lipinski definition) is 0. The molecule has 0 bridgehead atoms. The van der Waals surface area contributed by atoms with Gasteiger partial charge in [-0.1, -0.05) is 23.7 Å². The summed E-state index contributed by atoms with van der Waals surface area (Å²) in [5, 5.41) is 0.385. The molecule has 4 heteroatoms. The molecule has 0 N–H and O–H groups in total. The Labute approximate surface area is 92.7 Å². The Morgan fingerprint density at radius 2 is 2.13 bits per heavy atom. The molecule has 0 saturated heterocycles. The highest BCUT2D eigenvalue weighted by molar-refractivity contribution is 6.29. The van der Waals surface area contributed by atoms with E-state index < -0.39 is 0 Å². The summed E-state index contributed by atoms with van der Waals surface area (Å²) in [6, 6.07) is 7.60. The Balaban J connectivity index is 2.44. The van der Waals surface area contributed by atoms with Gasteiger partial charge in [-0.05, 0) is 12.1 Å². The SMILES string of the molecule is COc1cccc(-c2cncc(Cl)n2)c1. The van der Waals surface area contributed by atoms with E-state index in [-0.39, 0.29) is 0 Å². The average Bonchev–Trinajstić information content (AvgIpc) is 2.29. The molecule has 0 saturated carbocycles. The average molecular weight is 221 g/mol. The normalized spacial score (nSPS) is 10.0. The zero-order valence-electron chi connectivity index (χ0n) is 8.14. The highest BCUT2D eigenvalue weighted by Gasteiger charge is 2.01. The van der Waals surface area contributed by atoms with Gasteiger partial charge in [-0.3, -0.25) is 4.98 Å². The molecule has 1 aromatic heterocycles. The molecule has 76 valence electrons. The van der Waals surface area contributed by atoms with Crippen LogP contribution in [-0.2, 0) is 0 Å². The topological polar surface area (TPSA) is 35.0 Å². The minimum absolute atomic E-state index is 0.385. The third-order valence-electron chi connectivity index (χ3n) is 1.97. The standard InChI is InChI=1S/C11H9ClN2O/c1-15-9-4-2-3-8(5-9)10-6-13-7-11(12)14-10/h2-7H,1H3. The maximum absolute atomic E-state index is 5.76. The second-order valence-electron chi connectivity index (χ2n) is 2.96. The van der Waals surface area contributed by atoms with Gasteiger partial charge in [0.1, 0.15) is 10.9 Å². The van der Waals surface area contributed by atoms with Crippen LogP contribution in [0, 0.1) is 0 Å². The number of benzene rings is 1. The largest absolute Gasteiger partial charge is 0.497 e. The molecule has 0 aliphatic heterocycles. The highest BCUT2D eigenvalue weighted by Crippen LogP contribution is 2.22. The van der Waals surface area contributed by atoms with E-state index in [1.165, 1.54) is 6.20 Å². The summed E-state index contributed by atoms with van der Waals surface area (Å²) in [4.78, 5) is 8.15. The van der Waals surface area contributed by atoms with Gasteiger partial charge in [0.15, 0.2) is 0 Å². The van der Waals surface area contributed by atoms with Gasteiger partial charge in [-0.25, -0.2) is 4.98 Å². The molecule has 0 spiro atoms. The summed E-state index contributed by atoms with van der Waals surface area (Å²) < 4.78 is 5.13. The van der Waals surface area contributed by atoms with E-state index >= 15 is 0 Å². The van der Waals surface area contributed by atoms with Crippen molar-refractivity contribution in [2.75, 3.05) is 7.11 Å². The quantitative estimate of drug-likeness (QED) is 0.781. The van der Waals surface area contributed by atoms with Crippen LogP contribution in [0.4, 0.5) is 0 Å². The highest BCUT2D eigenvalue weighted by atomic mass is 35.5. The summed E-state index contributed by atoms with van der Waals surface area (Å²) in [7, 11) is 1.63. The number of hydrogen-bond acceptors (Lipinski definition) is 3. The van der Waals surface area contributed by atoms with Crippen molar-refractivity contribution >= 4 is 11.6 Å². The number of rotatable bonds is 2. The maximum Gasteiger partial charge on any atom is 0.148 e. The lowest BCUT2D eigenvalue weighted by Gasteiger charge is -2.03. The van der Waals surface area contributed by atoms with Crippen LogP contribution >= 0.6 is 11.6 Å². The number of halogens is 1. The third kappa shape index (κ3) is 2.25. The van der Waals surface area contributed by atoms with Crippen molar-refractivity contribution in [1.82, 2.24) is 9.97 Å². The van der Waals surface area contributed by atoms with Crippen molar-refractivity contribution in [3.63, 3.8) is 0 Å². The summed E-state index contributed by atoms with van der Waals surface area (Å²) in [6.07, 6.45) is 3.17. The van der Waals surface area contributed by atoms with E-state index in [0.29, 0.717) is 5.15 Å². The molecule has 2 aromatic rings. The predicted octanol–water partition coefficient (Wildman–Crippen LogP) is 2.81. The molecular formula is C11H9ClN2O. The van der Waals surface area contributed by atoms with Gasteiger partial charge in [0.05, 0.1) is 25.2 Å². The van der Waals surface area contributed by atoms with Gasteiger partial charge in [-0.15, -0.1) is 0 Å². The first-order chi connectivity index (χ1) is 7.29. The molecular weight excluding hydrogens is 212 g/mol. The van der Waals surface area contributed by atoms with Gasteiger partial charge in [-0.2, -0.15) is 0 Å². The fourth-order valence-electron chi connectivity index (χ4n) is 1.26. The van der Waals surface area contributed by atoms with Crippen LogP contribution < -0.4 is 4.74 Å². The Morgan fingerprint density at radius 3 is 2.87 bits per heavy atom. The molecule has 0 unspecified atom stereocenters. The van der Waals surface area contributed by atoms with E-state index in [1.807, 2.05) is 24.3 Å². The van der Waals surface area contributed by atoms with Crippen molar-refractivity contribution < 1.29 is 4.74 Å². The van der Waals surface area contributed by atoms with E-state index in [2.05, 4.69) is 9.97 Å². The molecule has 0 radical (unpaired) electrons.